The van der Waals surface area contributed by atoms with Crippen LogP contribution < -0.4 is 9.47 Å². The second-order valence-electron chi connectivity index (χ2n) is 8.61. The van der Waals surface area contributed by atoms with Crippen LogP contribution in [0.5, 0.6) is 11.5 Å². The average molecular weight is 562 g/mol. The Bertz CT molecular complexity index is 1000. The third-order valence-electron chi connectivity index (χ3n) is 5.34. The summed E-state index contributed by atoms with van der Waals surface area (Å²) in [6.07, 6.45) is -1.12. The topological polar surface area (TPSA) is 80.3 Å². The van der Waals surface area contributed by atoms with E-state index in [9.17, 15) is 9.59 Å². The van der Waals surface area contributed by atoms with E-state index in [1.807, 2.05) is 38.1 Å². The molecule has 2 atom stereocenters. The van der Waals surface area contributed by atoms with Gasteiger partial charge in [0.15, 0.2) is 11.9 Å². The Labute approximate surface area is 226 Å². The van der Waals surface area contributed by atoms with Gasteiger partial charge in [-0.15, -0.1) is 11.6 Å². The Balaban J connectivity index is 2.13. The Morgan fingerprint density at radius 2 is 1.36 bits per heavy atom. The molecule has 36 heavy (non-hydrogen) atoms. The molecule has 0 aliphatic carbocycles. The molecule has 0 saturated carbocycles. The predicted octanol–water partition coefficient (Wildman–Crippen LogP) is 5.83. The highest BCUT2D eigenvalue weighted by Crippen LogP contribution is 2.40. The van der Waals surface area contributed by atoms with E-state index in [0.717, 1.165) is 11.1 Å². The number of rotatable bonds is 13. The first-order valence-corrected chi connectivity index (χ1v) is 12.5. The molecule has 0 spiro atoms. The molecule has 0 aliphatic rings. The summed E-state index contributed by atoms with van der Waals surface area (Å²) in [5.74, 6) is 0.159. The molecular formula is C26H31Cl3O7. The Hall–Kier alpha value is -2.19. The van der Waals surface area contributed by atoms with E-state index in [2.05, 4.69) is 0 Å². The lowest BCUT2D eigenvalue weighted by Gasteiger charge is -2.27. The molecule has 10 heteroatoms. The van der Waals surface area contributed by atoms with Crippen molar-refractivity contribution in [3.8, 4) is 11.5 Å². The zero-order valence-electron chi connectivity index (χ0n) is 20.9. The zero-order valence-corrected chi connectivity index (χ0v) is 23.2. The lowest BCUT2D eigenvalue weighted by molar-refractivity contribution is -0.150. The first-order valence-electron chi connectivity index (χ1n) is 11.2. The maximum atomic E-state index is 11.2. The highest BCUT2D eigenvalue weighted by Gasteiger charge is 2.26. The Morgan fingerprint density at radius 3 is 1.86 bits per heavy atom. The standard InChI is InChI=1S/C26H31Cl3O7/c1-16(30)35-21(12-27)14-34-25-23(28)10-19(11-24(25)29)26(3,4)18-6-8-20(9-7-18)33-15-22(13-32-5)36-17(2)31/h6-11,21-22H,12-15H2,1-5H3/t21?,22-/m0/s1. The van der Waals surface area contributed by atoms with Gasteiger partial charge in [0.2, 0.25) is 0 Å². The van der Waals surface area contributed by atoms with Crippen molar-refractivity contribution in [2.75, 3.05) is 32.8 Å². The zero-order chi connectivity index (χ0) is 26.9. The van der Waals surface area contributed by atoms with E-state index in [1.54, 1.807) is 12.1 Å². The second-order valence-corrected chi connectivity index (χ2v) is 9.74. The van der Waals surface area contributed by atoms with Gasteiger partial charge in [0, 0.05) is 26.4 Å². The summed E-state index contributed by atoms with van der Waals surface area (Å²) in [5, 5.41) is 0.660. The number of hydrogen-bond acceptors (Lipinski definition) is 7. The van der Waals surface area contributed by atoms with Crippen molar-refractivity contribution >= 4 is 46.7 Å². The SMILES string of the molecule is COC[C@@H](COc1ccc(C(C)(C)c2cc(Cl)c(OCC(CCl)OC(C)=O)c(Cl)c2)cc1)OC(C)=O. The van der Waals surface area contributed by atoms with Crippen molar-refractivity contribution in [1.82, 2.24) is 0 Å². The molecule has 0 aliphatic heterocycles. The number of alkyl halides is 1. The molecule has 0 fully saturated rings. The summed E-state index contributed by atoms with van der Waals surface area (Å²) in [5.41, 5.74) is 1.43. The molecule has 7 nitrogen and oxygen atoms in total. The molecule has 0 heterocycles. The van der Waals surface area contributed by atoms with E-state index in [4.69, 9.17) is 58.5 Å². The minimum absolute atomic E-state index is 0.0232. The van der Waals surface area contributed by atoms with Crippen molar-refractivity contribution in [3.05, 3.63) is 57.6 Å². The second kappa shape index (κ2) is 13.9. The molecule has 2 rings (SSSR count). The van der Waals surface area contributed by atoms with E-state index in [0.29, 0.717) is 21.5 Å². The predicted molar refractivity (Wildman–Crippen MR) is 140 cm³/mol. The minimum Gasteiger partial charge on any atom is -0.490 e. The lowest BCUT2D eigenvalue weighted by Crippen LogP contribution is -2.28. The number of esters is 2. The van der Waals surface area contributed by atoms with Gasteiger partial charge < -0.3 is 23.7 Å². The highest BCUT2D eigenvalue weighted by atomic mass is 35.5. The summed E-state index contributed by atoms with van der Waals surface area (Å²) in [4.78, 5) is 22.4. The lowest BCUT2D eigenvalue weighted by atomic mass is 9.78. The normalized spacial score (nSPS) is 13.0. The number of carbonyl (C=O) groups is 2. The molecule has 0 aromatic heterocycles. The maximum absolute atomic E-state index is 11.2. The number of carbonyl (C=O) groups excluding carboxylic acids is 2. The van der Waals surface area contributed by atoms with Crippen molar-refractivity contribution in [2.45, 2.75) is 45.3 Å². The fourth-order valence-corrected chi connectivity index (χ4v) is 4.19. The molecule has 0 radical (unpaired) electrons. The summed E-state index contributed by atoms with van der Waals surface area (Å²) in [7, 11) is 1.53. The molecule has 0 saturated heterocycles. The van der Waals surface area contributed by atoms with Crippen molar-refractivity contribution in [1.29, 1.82) is 0 Å². The number of benzene rings is 2. The monoisotopic (exact) mass is 560 g/mol. The summed E-state index contributed by atoms with van der Waals surface area (Å²) < 4.78 is 26.8. The number of hydrogen-bond donors (Lipinski definition) is 0. The quantitative estimate of drug-likeness (QED) is 0.225. The van der Waals surface area contributed by atoms with Crippen LogP contribution in [-0.4, -0.2) is 57.0 Å². The van der Waals surface area contributed by atoms with Crippen LogP contribution >= 0.6 is 34.8 Å². The molecule has 2 aromatic rings. The fourth-order valence-electron chi connectivity index (χ4n) is 3.44. The van der Waals surface area contributed by atoms with Gasteiger partial charge in [0.05, 0.1) is 22.5 Å². The Morgan fingerprint density at radius 1 is 0.833 bits per heavy atom. The third kappa shape index (κ3) is 8.73. The van der Waals surface area contributed by atoms with Crippen molar-refractivity contribution in [2.24, 2.45) is 0 Å². The van der Waals surface area contributed by atoms with Gasteiger partial charge in [-0.25, -0.2) is 0 Å². The molecule has 0 bridgehead atoms. The van der Waals surface area contributed by atoms with Crippen LogP contribution in [-0.2, 0) is 29.2 Å². The van der Waals surface area contributed by atoms with Crippen LogP contribution in [0.4, 0.5) is 0 Å². The van der Waals surface area contributed by atoms with Crippen LogP contribution in [0, 0.1) is 0 Å². The molecule has 2 aromatic carbocycles. The summed E-state index contributed by atoms with van der Waals surface area (Å²) >= 11 is 18.8. The molecule has 0 amide bonds. The van der Waals surface area contributed by atoms with Crippen LogP contribution in [0.3, 0.4) is 0 Å². The van der Waals surface area contributed by atoms with Crippen LogP contribution in [0.25, 0.3) is 0 Å². The van der Waals surface area contributed by atoms with Crippen molar-refractivity contribution < 1.29 is 33.3 Å². The average Bonchev–Trinajstić information content (AvgIpc) is 2.81. The Kier molecular flexibility index (Phi) is 11.6. The van der Waals surface area contributed by atoms with Gasteiger partial charge in [-0.05, 0) is 35.4 Å². The van der Waals surface area contributed by atoms with Gasteiger partial charge in [0.1, 0.15) is 25.1 Å². The highest BCUT2D eigenvalue weighted by molar-refractivity contribution is 6.37. The van der Waals surface area contributed by atoms with Gasteiger partial charge in [0.25, 0.3) is 0 Å². The summed E-state index contributed by atoms with van der Waals surface area (Å²) in [6.45, 7) is 7.17. The van der Waals surface area contributed by atoms with Gasteiger partial charge in [-0.3, -0.25) is 9.59 Å². The number of halogens is 3. The van der Waals surface area contributed by atoms with E-state index >= 15 is 0 Å². The molecule has 1 unspecified atom stereocenters. The van der Waals surface area contributed by atoms with Gasteiger partial charge in [-0.1, -0.05) is 49.2 Å². The van der Waals surface area contributed by atoms with Crippen LogP contribution in [0.1, 0.15) is 38.8 Å². The smallest absolute Gasteiger partial charge is 0.303 e. The van der Waals surface area contributed by atoms with E-state index in [-0.39, 0.29) is 25.7 Å². The maximum Gasteiger partial charge on any atom is 0.303 e. The summed E-state index contributed by atoms with van der Waals surface area (Å²) in [6, 6.07) is 11.2. The van der Waals surface area contributed by atoms with Crippen molar-refractivity contribution in [3.63, 3.8) is 0 Å². The number of ether oxygens (including phenoxy) is 5. The van der Waals surface area contributed by atoms with Crippen LogP contribution in [0.15, 0.2) is 36.4 Å². The largest absolute Gasteiger partial charge is 0.490 e. The van der Waals surface area contributed by atoms with E-state index < -0.39 is 29.6 Å². The molecular weight excluding hydrogens is 531 g/mol. The van der Waals surface area contributed by atoms with E-state index in [1.165, 1.54) is 21.0 Å². The number of methoxy groups -OCH3 is 1. The van der Waals surface area contributed by atoms with Gasteiger partial charge in [-0.2, -0.15) is 0 Å². The third-order valence-corrected chi connectivity index (χ3v) is 6.24. The molecule has 0 N–H and O–H groups in total. The van der Waals surface area contributed by atoms with Gasteiger partial charge >= 0.3 is 11.9 Å². The fraction of sp³-hybridized carbons (Fsp3) is 0.462. The molecule has 198 valence electrons. The first-order chi connectivity index (χ1) is 17.0. The minimum atomic E-state index is -0.619. The first kappa shape index (κ1) is 30.0. The van der Waals surface area contributed by atoms with Crippen LogP contribution in [0.2, 0.25) is 10.0 Å².